The molecule has 76 valence electrons. The van der Waals surface area contributed by atoms with Crippen molar-refractivity contribution in [1.29, 1.82) is 0 Å². The van der Waals surface area contributed by atoms with Gasteiger partial charge in [-0.2, -0.15) is 0 Å². The summed E-state index contributed by atoms with van der Waals surface area (Å²) < 4.78 is 0. The van der Waals surface area contributed by atoms with Crippen LogP contribution in [0, 0.1) is 0 Å². The van der Waals surface area contributed by atoms with Crippen molar-refractivity contribution in [2.75, 3.05) is 38.1 Å². The number of aromatic nitrogens is 2. The highest BCUT2D eigenvalue weighted by molar-refractivity contribution is 6.30. The van der Waals surface area contributed by atoms with Gasteiger partial charge in [-0.05, 0) is 7.05 Å². The largest absolute Gasteiger partial charge is 0.338 e. The fourth-order valence-corrected chi connectivity index (χ4v) is 1.57. The summed E-state index contributed by atoms with van der Waals surface area (Å²) in [4.78, 5) is 12.9. The van der Waals surface area contributed by atoms with Crippen LogP contribution in [0.5, 0.6) is 0 Å². The van der Waals surface area contributed by atoms with Crippen molar-refractivity contribution >= 4 is 17.5 Å². The van der Waals surface area contributed by atoms with Crippen LogP contribution in [0.1, 0.15) is 0 Å². The molecule has 0 atom stereocenters. The Hall–Kier alpha value is -0.870. The van der Waals surface area contributed by atoms with Crippen molar-refractivity contribution in [1.82, 2.24) is 14.9 Å². The first-order valence-electron chi connectivity index (χ1n) is 4.67. The van der Waals surface area contributed by atoms with Crippen molar-refractivity contribution in [3.63, 3.8) is 0 Å². The van der Waals surface area contributed by atoms with Gasteiger partial charge >= 0.3 is 0 Å². The highest BCUT2D eigenvalue weighted by Crippen LogP contribution is 2.11. The fourth-order valence-electron chi connectivity index (χ4n) is 1.48. The molecule has 1 saturated heterocycles. The molecule has 0 unspecified atom stereocenters. The summed E-state index contributed by atoms with van der Waals surface area (Å²) in [5.41, 5.74) is 0. The molecule has 0 saturated carbocycles. The van der Waals surface area contributed by atoms with Crippen LogP contribution in [0.3, 0.4) is 0 Å². The lowest BCUT2D eigenvalue weighted by molar-refractivity contribution is 0.311. The van der Waals surface area contributed by atoms with Gasteiger partial charge in [-0.15, -0.1) is 0 Å². The van der Waals surface area contributed by atoms with Gasteiger partial charge in [-0.25, -0.2) is 9.97 Å². The average molecular weight is 213 g/mol. The van der Waals surface area contributed by atoms with Crippen molar-refractivity contribution in [2.24, 2.45) is 0 Å². The summed E-state index contributed by atoms with van der Waals surface area (Å²) in [7, 11) is 2.13. The van der Waals surface area contributed by atoms with E-state index in [4.69, 9.17) is 11.6 Å². The molecule has 0 bridgehead atoms. The second-order valence-electron chi connectivity index (χ2n) is 3.49. The van der Waals surface area contributed by atoms with Gasteiger partial charge in [0.15, 0.2) is 0 Å². The molecule has 1 aromatic heterocycles. The summed E-state index contributed by atoms with van der Waals surface area (Å²) in [6.07, 6.45) is 3.28. The molecule has 0 spiro atoms. The lowest BCUT2D eigenvalue weighted by Gasteiger charge is -2.32. The van der Waals surface area contributed by atoms with Gasteiger partial charge < -0.3 is 9.80 Å². The zero-order valence-electron chi connectivity index (χ0n) is 8.15. The molecule has 1 aliphatic heterocycles. The Morgan fingerprint density at radius 1 is 1.14 bits per heavy atom. The van der Waals surface area contributed by atoms with Gasteiger partial charge in [0, 0.05) is 26.2 Å². The van der Waals surface area contributed by atoms with E-state index in [9.17, 15) is 0 Å². The van der Waals surface area contributed by atoms with E-state index in [2.05, 4.69) is 26.8 Å². The van der Waals surface area contributed by atoms with Gasteiger partial charge in [0.1, 0.15) is 0 Å². The standard InChI is InChI=1S/C9H13ClN4/c1-13-2-4-14(5-3-13)9-11-6-8(10)7-12-9/h6-7H,2-5H2,1H3. The number of halogens is 1. The normalized spacial score (nSPS) is 18.6. The Balaban J connectivity index is 2.05. The maximum atomic E-state index is 5.72. The minimum atomic E-state index is 0.586. The Kier molecular flexibility index (Phi) is 2.84. The van der Waals surface area contributed by atoms with Gasteiger partial charge in [0.25, 0.3) is 0 Å². The zero-order chi connectivity index (χ0) is 9.97. The van der Waals surface area contributed by atoms with Crippen LogP contribution < -0.4 is 4.90 Å². The van der Waals surface area contributed by atoms with Crippen LogP contribution >= 0.6 is 11.6 Å². The lowest BCUT2D eigenvalue weighted by Crippen LogP contribution is -2.45. The molecule has 14 heavy (non-hydrogen) atoms. The molecule has 0 amide bonds. The number of piperazine rings is 1. The predicted molar refractivity (Wildman–Crippen MR) is 56.8 cm³/mol. The summed E-state index contributed by atoms with van der Waals surface area (Å²) in [6, 6.07) is 0. The molecule has 0 radical (unpaired) electrons. The second kappa shape index (κ2) is 4.11. The van der Waals surface area contributed by atoms with E-state index in [1.165, 1.54) is 0 Å². The van der Waals surface area contributed by atoms with E-state index in [0.717, 1.165) is 32.1 Å². The minimum absolute atomic E-state index is 0.586. The first-order valence-corrected chi connectivity index (χ1v) is 5.04. The van der Waals surface area contributed by atoms with E-state index >= 15 is 0 Å². The first kappa shape index (κ1) is 9.68. The first-order chi connectivity index (χ1) is 6.75. The topological polar surface area (TPSA) is 32.3 Å². The number of hydrogen-bond acceptors (Lipinski definition) is 4. The van der Waals surface area contributed by atoms with Gasteiger partial charge in [0.05, 0.1) is 17.4 Å². The number of anilines is 1. The van der Waals surface area contributed by atoms with Gasteiger partial charge in [-0.1, -0.05) is 11.6 Å². The van der Waals surface area contributed by atoms with Crippen molar-refractivity contribution in [3.05, 3.63) is 17.4 Å². The molecule has 0 aromatic carbocycles. The Bertz CT molecular complexity index is 292. The van der Waals surface area contributed by atoms with E-state index < -0.39 is 0 Å². The Morgan fingerprint density at radius 3 is 2.29 bits per heavy atom. The zero-order valence-corrected chi connectivity index (χ0v) is 8.91. The predicted octanol–water partition coefficient (Wildman–Crippen LogP) is 0.882. The molecule has 0 N–H and O–H groups in total. The van der Waals surface area contributed by atoms with Gasteiger partial charge in [-0.3, -0.25) is 0 Å². The Labute approximate surface area is 88.5 Å². The van der Waals surface area contributed by atoms with Crippen LogP contribution in [0.25, 0.3) is 0 Å². The Morgan fingerprint density at radius 2 is 1.71 bits per heavy atom. The van der Waals surface area contributed by atoms with Crippen molar-refractivity contribution in [2.45, 2.75) is 0 Å². The monoisotopic (exact) mass is 212 g/mol. The molecule has 2 rings (SSSR count). The number of nitrogens with zero attached hydrogens (tertiary/aromatic N) is 4. The summed E-state index contributed by atoms with van der Waals surface area (Å²) in [6.45, 7) is 4.09. The summed E-state index contributed by atoms with van der Waals surface area (Å²) in [5, 5.41) is 0.586. The van der Waals surface area contributed by atoms with Crippen molar-refractivity contribution in [3.8, 4) is 0 Å². The highest BCUT2D eigenvalue weighted by Gasteiger charge is 2.15. The van der Waals surface area contributed by atoms with E-state index in [-0.39, 0.29) is 0 Å². The molecule has 5 heteroatoms. The number of hydrogen-bond donors (Lipinski definition) is 0. The third-order valence-electron chi connectivity index (χ3n) is 2.39. The molecular formula is C9H13ClN4. The molecule has 1 aromatic rings. The third-order valence-corrected chi connectivity index (χ3v) is 2.59. The van der Waals surface area contributed by atoms with E-state index in [1.807, 2.05) is 0 Å². The van der Waals surface area contributed by atoms with E-state index in [1.54, 1.807) is 12.4 Å². The smallest absolute Gasteiger partial charge is 0.225 e. The van der Waals surface area contributed by atoms with Crippen LogP contribution in [-0.2, 0) is 0 Å². The van der Waals surface area contributed by atoms with Crippen molar-refractivity contribution < 1.29 is 0 Å². The van der Waals surface area contributed by atoms with Crippen LogP contribution in [0.4, 0.5) is 5.95 Å². The molecule has 1 aliphatic rings. The van der Waals surface area contributed by atoms with Crippen LogP contribution in [0.15, 0.2) is 12.4 Å². The van der Waals surface area contributed by atoms with Crippen LogP contribution in [-0.4, -0.2) is 48.1 Å². The van der Waals surface area contributed by atoms with Gasteiger partial charge in [0.2, 0.25) is 5.95 Å². The quantitative estimate of drug-likeness (QED) is 0.692. The summed E-state index contributed by atoms with van der Waals surface area (Å²) in [5.74, 6) is 0.780. The summed E-state index contributed by atoms with van der Waals surface area (Å²) >= 11 is 5.72. The minimum Gasteiger partial charge on any atom is -0.338 e. The highest BCUT2D eigenvalue weighted by atomic mass is 35.5. The molecule has 4 nitrogen and oxygen atoms in total. The van der Waals surface area contributed by atoms with Crippen LogP contribution in [0.2, 0.25) is 5.02 Å². The average Bonchev–Trinajstić information content (AvgIpc) is 2.21. The molecular weight excluding hydrogens is 200 g/mol. The van der Waals surface area contributed by atoms with E-state index in [0.29, 0.717) is 5.02 Å². The molecule has 1 fully saturated rings. The SMILES string of the molecule is CN1CCN(c2ncc(Cl)cn2)CC1. The molecule has 0 aliphatic carbocycles. The maximum absolute atomic E-state index is 5.72. The molecule has 2 heterocycles. The second-order valence-corrected chi connectivity index (χ2v) is 3.93. The lowest BCUT2D eigenvalue weighted by atomic mass is 10.3. The maximum Gasteiger partial charge on any atom is 0.225 e. The fraction of sp³-hybridized carbons (Fsp3) is 0.556. The third kappa shape index (κ3) is 2.13. The number of rotatable bonds is 1. The number of likely N-dealkylation sites (N-methyl/N-ethyl adjacent to an activating group) is 1.